The molecule has 0 spiro atoms. The minimum absolute atomic E-state index is 0.0592. The molecule has 0 aliphatic carbocycles. The Morgan fingerprint density at radius 3 is 1.20 bits per heavy atom. The smallest absolute Gasteiger partial charge is 0.186 e. The number of benzene rings is 11. The second kappa shape index (κ2) is 27.1. The molecule has 0 aliphatic rings. The molecule has 0 saturated heterocycles. The van der Waals surface area contributed by atoms with Gasteiger partial charge in [-0.3, -0.25) is 4.98 Å². The number of hydrogen-bond donors (Lipinski definition) is 0. The van der Waals surface area contributed by atoms with Crippen molar-refractivity contribution in [2.75, 3.05) is 0 Å². The largest absolute Gasteiger partial charge is 0.323 e. The van der Waals surface area contributed by atoms with Crippen LogP contribution in [0.5, 0.6) is 0 Å². The number of imidazole rings is 1. The Balaban J connectivity index is 0.000000116. The van der Waals surface area contributed by atoms with Gasteiger partial charge in [-0.25, -0.2) is 53.9 Å². The summed E-state index contributed by atoms with van der Waals surface area (Å²) in [5, 5.41) is 4.22. The van der Waals surface area contributed by atoms with Crippen molar-refractivity contribution in [2.24, 2.45) is 0 Å². The predicted molar refractivity (Wildman–Crippen MR) is 410 cm³/mol. The van der Waals surface area contributed by atoms with Gasteiger partial charge in [0.25, 0.3) is 0 Å². The van der Waals surface area contributed by atoms with Crippen molar-refractivity contribution in [3.63, 3.8) is 0 Å². The Morgan fingerprint density at radius 1 is 0.248 bits per heavy atom. The Hall–Kier alpha value is -14.1. The fraction of sp³-hybridized carbons (Fsp3) is 0. The van der Waals surface area contributed by atoms with Crippen molar-refractivity contribution in [1.82, 2.24) is 37.5 Å². The van der Waals surface area contributed by atoms with Crippen molar-refractivity contribution < 1.29 is 43.9 Å². The van der Waals surface area contributed by atoms with Crippen molar-refractivity contribution >= 4 is 76.6 Å². The topological polar surface area (TPSA) is 62.3 Å². The first-order chi connectivity index (χ1) is 53.3. The monoisotopic (exact) mass is 1450 g/mol. The lowest BCUT2D eigenvalue weighted by atomic mass is 9.96. The maximum atomic E-state index is 16.0. The zero-order valence-electron chi connectivity index (χ0n) is 56.9. The molecule has 8 nitrogen and oxygen atoms in total. The van der Waals surface area contributed by atoms with Crippen molar-refractivity contribution in [1.29, 1.82) is 0 Å². The molecular formula is C91H52F10N8. The van der Waals surface area contributed by atoms with Gasteiger partial charge in [0.1, 0.15) is 28.7 Å². The van der Waals surface area contributed by atoms with E-state index in [1.807, 2.05) is 83.4 Å². The van der Waals surface area contributed by atoms with E-state index in [9.17, 15) is 8.78 Å². The van der Waals surface area contributed by atoms with Gasteiger partial charge in [-0.1, -0.05) is 164 Å². The van der Waals surface area contributed by atoms with Crippen LogP contribution in [-0.4, -0.2) is 37.5 Å². The van der Waals surface area contributed by atoms with Crippen molar-refractivity contribution in [3.8, 4) is 84.3 Å². The van der Waals surface area contributed by atoms with Crippen LogP contribution in [0.25, 0.3) is 161 Å². The Kier molecular flexibility index (Phi) is 16.6. The number of fused-ring (bicyclic) bond motifs is 11. The summed E-state index contributed by atoms with van der Waals surface area (Å²) < 4.78 is 161. The van der Waals surface area contributed by atoms with E-state index in [-0.39, 0.29) is 22.9 Å². The van der Waals surface area contributed by atoms with Gasteiger partial charge >= 0.3 is 0 Å². The highest BCUT2D eigenvalue weighted by molar-refractivity contribution is 6.11. The van der Waals surface area contributed by atoms with Gasteiger partial charge in [0.15, 0.2) is 46.5 Å². The third-order valence-electron chi connectivity index (χ3n) is 19.7. The van der Waals surface area contributed by atoms with E-state index in [1.54, 1.807) is 181 Å². The van der Waals surface area contributed by atoms with Gasteiger partial charge in [-0.2, -0.15) is 0 Å². The summed E-state index contributed by atoms with van der Waals surface area (Å²) in [6.07, 6.45) is 7.94. The third kappa shape index (κ3) is 11.4. The molecule has 0 saturated carbocycles. The number of para-hydroxylation sites is 4. The van der Waals surface area contributed by atoms with Gasteiger partial charge in [-0.05, 0) is 138 Å². The standard InChI is InChI=1S/C34H21F2N3.C32H18F4N2.C25H13F4N3/c35-25-11-15-33-28(20-25)29-21-26(36)12-16-34(29)39(33)27-13-9-22(10-14-27)24-18-31(23-6-2-1-3-7-23)38-32(19-24)30-8-4-5-17-37-30;33-28-27(22-18-37-17-9-8-16-25(37)26(22)19-10-2-1-3-11-19)29(34)31(36)32(30(28)35)38-23-14-6-4-12-20(23)21-13-5-7-15-24(21)38;26-21-20(16-13-31-12-6-5-11-19(31)30-16)22(27)24(29)25(23(21)28)32-17-9-3-1-7-14(17)15-8-2-4-10-18(15)32/h1-21H;1-18H;1-13H. The SMILES string of the molecule is Fc1c(F)c(-n2c3ccccc3c3ccccc32)c(F)c(F)c1-c1cn2ccccc2c1-c1ccccc1.Fc1c(F)c(-n2c3ccccc3c3ccccc32)c(F)c(F)c1-c1cn2ccccc2n1.Fc1ccc2c(c1)c1cc(F)ccc1n2-c1ccc(-c2cc(-c3ccccc3)nc(-c3ccccn3)c2)cc1. The average molecular weight is 1450 g/mol. The predicted octanol–water partition coefficient (Wildman–Crippen LogP) is 24.4. The Bertz CT molecular complexity index is 6670. The molecular weight excluding hydrogens is 1400 g/mol. The number of hydrogen-bond acceptors (Lipinski definition) is 3. The molecule has 0 radical (unpaired) electrons. The van der Waals surface area contributed by atoms with E-state index in [4.69, 9.17) is 4.98 Å². The van der Waals surface area contributed by atoms with Crippen LogP contribution in [0, 0.1) is 58.2 Å². The second-order valence-corrected chi connectivity index (χ2v) is 26.0. The Labute approximate surface area is 613 Å². The molecule has 0 N–H and O–H groups in total. The first kappa shape index (κ1) is 66.8. The average Bonchev–Trinajstić information content (AvgIpc) is 1.62. The lowest BCUT2D eigenvalue weighted by Gasteiger charge is -2.15. The highest BCUT2D eigenvalue weighted by Crippen LogP contribution is 2.45. The summed E-state index contributed by atoms with van der Waals surface area (Å²) >= 11 is 0. The van der Waals surface area contributed by atoms with Crippen LogP contribution >= 0.6 is 0 Å². The number of halogens is 10. The van der Waals surface area contributed by atoms with Crippen molar-refractivity contribution in [3.05, 3.63) is 374 Å². The molecule has 18 heteroatoms. The molecule has 0 aliphatic heterocycles. The van der Waals surface area contributed by atoms with Crippen LogP contribution in [-0.2, 0) is 0 Å². The van der Waals surface area contributed by atoms with Crippen molar-refractivity contribution in [2.45, 2.75) is 0 Å². The highest BCUT2D eigenvalue weighted by Gasteiger charge is 2.33. The molecule has 9 aromatic heterocycles. The maximum Gasteiger partial charge on any atom is 0.186 e. The minimum atomic E-state index is -1.50. The molecule has 20 aromatic rings. The first-order valence-electron chi connectivity index (χ1n) is 34.5. The molecule has 526 valence electrons. The second-order valence-electron chi connectivity index (χ2n) is 26.0. The van der Waals surface area contributed by atoms with Crippen LogP contribution in [0.4, 0.5) is 43.9 Å². The summed E-state index contributed by atoms with van der Waals surface area (Å²) in [7, 11) is 0. The number of nitrogens with zero attached hydrogens (tertiary/aromatic N) is 8. The van der Waals surface area contributed by atoms with Gasteiger partial charge < -0.3 is 22.5 Å². The molecule has 0 unspecified atom stereocenters. The summed E-state index contributed by atoms with van der Waals surface area (Å²) in [6, 6.07) is 84.8. The molecule has 20 rings (SSSR count). The summed E-state index contributed by atoms with van der Waals surface area (Å²) in [5.74, 6) is -12.5. The molecule has 109 heavy (non-hydrogen) atoms. The van der Waals surface area contributed by atoms with Crippen LogP contribution < -0.4 is 0 Å². The van der Waals surface area contributed by atoms with E-state index >= 15 is 35.1 Å². The zero-order chi connectivity index (χ0) is 74.3. The summed E-state index contributed by atoms with van der Waals surface area (Å²) in [4.78, 5) is 13.6. The first-order valence-corrected chi connectivity index (χ1v) is 34.5. The fourth-order valence-corrected chi connectivity index (χ4v) is 14.8. The molecule has 11 aromatic carbocycles. The molecule has 0 amide bonds. The van der Waals surface area contributed by atoms with Gasteiger partial charge in [-0.15, -0.1) is 0 Å². The van der Waals surface area contributed by atoms with E-state index in [0.29, 0.717) is 65.9 Å². The Morgan fingerprint density at radius 2 is 0.688 bits per heavy atom. The van der Waals surface area contributed by atoms with Gasteiger partial charge in [0.05, 0.1) is 72.5 Å². The van der Waals surface area contributed by atoms with E-state index in [2.05, 4.69) is 34.2 Å². The summed E-state index contributed by atoms with van der Waals surface area (Å²) in [5.41, 5.74) is 8.71. The fourth-order valence-electron chi connectivity index (χ4n) is 14.8. The number of rotatable bonds is 9. The van der Waals surface area contributed by atoms with Gasteiger partial charge in [0.2, 0.25) is 0 Å². The van der Waals surface area contributed by atoms with Crippen LogP contribution in [0.1, 0.15) is 0 Å². The van der Waals surface area contributed by atoms with Gasteiger partial charge in [0, 0.05) is 85.7 Å². The number of aromatic nitrogens is 8. The minimum Gasteiger partial charge on any atom is -0.323 e. The molecule has 0 fully saturated rings. The van der Waals surface area contributed by atoms with Crippen LogP contribution in [0.3, 0.4) is 0 Å². The zero-order valence-corrected chi connectivity index (χ0v) is 56.9. The lowest BCUT2D eigenvalue weighted by Crippen LogP contribution is -2.09. The quantitative estimate of drug-likeness (QED) is 0.107. The van der Waals surface area contributed by atoms with E-state index < -0.39 is 69.0 Å². The maximum absolute atomic E-state index is 16.0. The number of pyridine rings is 4. The highest BCUT2D eigenvalue weighted by atomic mass is 19.2. The summed E-state index contributed by atoms with van der Waals surface area (Å²) in [6.45, 7) is 0. The molecule has 9 heterocycles. The third-order valence-corrected chi connectivity index (χ3v) is 19.7. The van der Waals surface area contributed by atoms with Crippen LogP contribution in [0.2, 0.25) is 0 Å². The molecule has 0 atom stereocenters. The van der Waals surface area contributed by atoms with E-state index in [0.717, 1.165) is 61.3 Å². The molecule has 0 bridgehead atoms. The lowest BCUT2D eigenvalue weighted by molar-refractivity contribution is 0.453. The normalized spacial score (nSPS) is 11.6. The van der Waals surface area contributed by atoms with Crippen LogP contribution in [0.15, 0.2) is 316 Å². The van der Waals surface area contributed by atoms with E-state index in [1.165, 1.54) is 50.2 Å².